The molecule has 0 unspecified atom stereocenters. The van der Waals surface area contributed by atoms with Crippen molar-refractivity contribution in [2.75, 3.05) is 6.54 Å². The van der Waals surface area contributed by atoms with Gasteiger partial charge in [-0.1, -0.05) is 66.2 Å². The lowest BCUT2D eigenvalue weighted by Crippen LogP contribution is -2.24. The van der Waals surface area contributed by atoms with Crippen LogP contribution in [0, 0.1) is 18.3 Å². The standard InChI is InChI=1S/C30H26N4O2/c1-3-16-32-30(35)25(19-31)17-26-20-34(27-9-5-4-6-10-27)33-29(26)24-8-7-11-28(18-24)36-21-23-14-12-22(2)13-15-23/h3-15,17-18,20H,1,16,21H2,2H3,(H,32,35)/b25-17-. The molecule has 6 nitrogen and oxygen atoms in total. The van der Waals surface area contributed by atoms with E-state index in [1.807, 2.05) is 79.0 Å². The number of hydrogen-bond donors (Lipinski definition) is 1. The van der Waals surface area contributed by atoms with E-state index in [1.165, 1.54) is 5.56 Å². The minimum absolute atomic E-state index is 0.0162. The molecule has 178 valence electrons. The highest BCUT2D eigenvalue weighted by molar-refractivity contribution is 6.02. The first-order chi connectivity index (χ1) is 17.6. The first kappa shape index (κ1) is 24.2. The maximum absolute atomic E-state index is 12.5. The van der Waals surface area contributed by atoms with Gasteiger partial charge < -0.3 is 10.1 Å². The summed E-state index contributed by atoms with van der Waals surface area (Å²) < 4.78 is 7.77. The number of carbonyl (C=O) groups is 1. The summed E-state index contributed by atoms with van der Waals surface area (Å²) in [5.74, 6) is 0.229. The van der Waals surface area contributed by atoms with Crippen LogP contribution in [0.5, 0.6) is 5.75 Å². The van der Waals surface area contributed by atoms with E-state index in [9.17, 15) is 10.1 Å². The average Bonchev–Trinajstić information content (AvgIpc) is 3.34. The van der Waals surface area contributed by atoms with E-state index in [0.717, 1.165) is 16.8 Å². The fourth-order valence-electron chi connectivity index (χ4n) is 3.58. The van der Waals surface area contributed by atoms with Crippen molar-refractivity contribution < 1.29 is 9.53 Å². The van der Waals surface area contributed by atoms with Crippen molar-refractivity contribution in [2.45, 2.75) is 13.5 Å². The third kappa shape index (κ3) is 5.96. The van der Waals surface area contributed by atoms with Gasteiger partial charge in [-0.05, 0) is 42.8 Å². The smallest absolute Gasteiger partial charge is 0.262 e. The van der Waals surface area contributed by atoms with Crippen molar-refractivity contribution in [3.63, 3.8) is 0 Å². The average molecular weight is 475 g/mol. The molecule has 1 N–H and O–H groups in total. The fraction of sp³-hybridized carbons (Fsp3) is 0.100. The van der Waals surface area contributed by atoms with Crippen LogP contribution in [-0.2, 0) is 11.4 Å². The second kappa shape index (κ2) is 11.5. The highest BCUT2D eigenvalue weighted by Gasteiger charge is 2.15. The molecule has 0 saturated carbocycles. The molecule has 4 rings (SSSR count). The molecule has 6 heteroatoms. The van der Waals surface area contributed by atoms with Crippen LogP contribution in [0.15, 0.2) is 103 Å². The lowest BCUT2D eigenvalue weighted by atomic mass is 10.1. The Morgan fingerprint density at radius 2 is 1.89 bits per heavy atom. The Kier molecular flexibility index (Phi) is 7.74. The second-order valence-electron chi connectivity index (χ2n) is 8.18. The third-order valence-electron chi connectivity index (χ3n) is 5.47. The van der Waals surface area contributed by atoms with Gasteiger partial charge in [-0.2, -0.15) is 10.4 Å². The number of ether oxygens (including phenoxy) is 1. The molecule has 4 aromatic rings. The highest BCUT2D eigenvalue weighted by atomic mass is 16.5. The van der Waals surface area contributed by atoms with E-state index in [0.29, 0.717) is 23.6 Å². The number of aromatic nitrogens is 2. The van der Waals surface area contributed by atoms with Crippen molar-refractivity contribution >= 4 is 12.0 Å². The predicted octanol–water partition coefficient (Wildman–Crippen LogP) is 5.64. The summed E-state index contributed by atoms with van der Waals surface area (Å²) >= 11 is 0. The number of rotatable bonds is 9. The van der Waals surface area contributed by atoms with Gasteiger partial charge in [0.15, 0.2) is 0 Å². The zero-order chi connectivity index (χ0) is 25.3. The second-order valence-corrected chi connectivity index (χ2v) is 8.18. The van der Waals surface area contributed by atoms with Gasteiger partial charge >= 0.3 is 0 Å². The van der Waals surface area contributed by atoms with E-state index >= 15 is 0 Å². The summed E-state index contributed by atoms with van der Waals surface area (Å²) in [6.07, 6.45) is 4.93. The van der Waals surface area contributed by atoms with Gasteiger partial charge in [0, 0.05) is 23.9 Å². The fourth-order valence-corrected chi connectivity index (χ4v) is 3.58. The number of hydrogen-bond acceptors (Lipinski definition) is 4. The first-order valence-corrected chi connectivity index (χ1v) is 11.5. The molecule has 1 amide bonds. The summed E-state index contributed by atoms with van der Waals surface area (Å²) in [5.41, 5.74) is 5.19. The summed E-state index contributed by atoms with van der Waals surface area (Å²) in [6.45, 7) is 6.36. The van der Waals surface area contributed by atoms with E-state index in [4.69, 9.17) is 9.84 Å². The number of para-hydroxylation sites is 1. The number of carbonyl (C=O) groups excluding carboxylic acids is 1. The molecular formula is C30H26N4O2. The number of nitrogens with zero attached hydrogens (tertiary/aromatic N) is 3. The number of nitrogens with one attached hydrogen (secondary N) is 1. The predicted molar refractivity (Wildman–Crippen MR) is 141 cm³/mol. The molecule has 0 radical (unpaired) electrons. The van der Waals surface area contributed by atoms with Gasteiger partial charge in [-0.25, -0.2) is 4.68 Å². The van der Waals surface area contributed by atoms with Crippen molar-refractivity contribution in [1.29, 1.82) is 5.26 Å². The Balaban J connectivity index is 1.69. The normalized spacial score (nSPS) is 10.9. The van der Waals surface area contributed by atoms with Gasteiger partial charge in [-0.3, -0.25) is 4.79 Å². The summed E-state index contributed by atoms with van der Waals surface area (Å²) in [7, 11) is 0. The van der Waals surface area contributed by atoms with E-state index < -0.39 is 5.91 Å². The quantitative estimate of drug-likeness (QED) is 0.194. The van der Waals surface area contributed by atoms with Crippen LogP contribution in [-0.4, -0.2) is 22.2 Å². The highest BCUT2D eigenvalue weighted by Crippen LogP contribution is 2.29. The molecule has 0 fully saturated rings. The van der Waals surface area contributed by atoms with Crippen molar-refractivity contribution in [1.82, 2.24) is 15.1 Å². The van der Waals surface area contributed by atoms with Crippen molar-refractivity contribution in [3.05, 3.63) is 120 Å². The van der Waals surface area contributed by atoms with E-state index in [1.54, 1.807) is 16.8 Å². The lowest BCUT2D eigenvalue weighted by Gasteiger charge is -2.08. The van der Waals surface area contributed by atoms with Gasteiger partial charge in [0.1, 0.15) is 29.7 Å². The molecule has 1 aromatic heterocycles. The topological polar surface area (TPSA) is 79.9 Å². The van der Waals surface area contributed by atoms with Gasteiger partial charge in [0.2, 0.25) is 0 Å². The Labute approximate surface area is 210 Å². The SMILES string of the molecule is C=CCNC(=O)/C(C#N)=C\c1cn(-c2ccccc2)nc1-c1cccc(OCc2ccc(C)cc2)c1. The largest absolute Gasteiger partial charge is 0.489 e. The molecule has 1 heterocycles. The maximum Gasteiger partial charge on any atom is 0.262 e. The van der Waals surface area contributed by atoms with Crippen LogP contribution >= 0.6 is 0 Å². The van der Waals surface area contributed by atoms with Crippen LogP contribution in [0.25, 0.3) is 23.0 Å². The zero-order valence-electron chi connectivity index (χ0n) is 20.0. The maximum atomic E-state index is 12.5. The van der Waals surface area contributed by atoms with Crippen LogP contribution < -0.4 is 10.1 Å². The molecule has 0 aliphatic heterocycles. The first-order valence-electron chi connectivity index (χ1n) is 11.5. The van der Waals surface area contributed by atoms with Crippen LogP contribution in [0.3, 0.4) is 0 Å². The Morgan fingerprint density at radius 1 is 1.11 bits per heavy atom. The molecule has 0 aliphatic carbocycles. The van der Waals surface area contributed by atoms with Crippen molar-refractivity contribution in [3.8, 4) is 28.8 Å². The minimum Gasteiger partial charge on any atom is -0.489 e. The Morgan fingerprint density at radius 3 is 2.61 bits per heavy atom. The monoisotopic (exact) mass is 474 g/mol. The number of nitriles is 1. The molecule has 0 bridgehead atoms. The molecule has 36 heavy (non-hydrogen) atoms. The van der Waals surface area contributed by atoms with Gasteiger partial charge in [-0.15, -0.1) is 6.58 Å². The van der Waals surface area contributed by atoms with Gasteiger partial charge in [0.05, 0.1) is 5.69 Å². The number of benzene rings is 3. The molecular weight excluding hydrogens is 448 g/mol. The van der Waals surface area contributed by atoms with E-state index in [2.05, 4.69) is 31.0 Å². The molecule has 3 aromatic carbocycles. The molecule has 0 atom stereocenters. The third-order valence-corrected chi connectivity index (χ3v) is 5.47. The summed E-state index contributed by atoms with van der Waals surface area (Å²) in [5, 5.41) is 17.1. The summed E-state index contributed by atoms with van der Waals surface area (Å²) in [4.78, 5) is 12.5. The van der Waals surface area contributed by atoms with E-state index in [-0.39, 0.29) is 12.1 Å². The number of aryl methyl sites for hydroxylation is 1. The summed E-state index contributed by atoms with van der Waals surface area (Å²) in [6, 6.07) is 27.5. The lowest BCUT2D eigenvalue weighted by molar-refractivity contribution is -0.116. The molecule has 0 spiro atoms. The van der Waals surface area contributed by atoms with Crippen LogP contribution in [0.2, 0.25) is 0 Å². The Hall–Kier alpha value is -4.89. The minimum atomic E-state index is -0.467. The number of amides is 1. The zero-order valence-corrected chi connectivity index (χ0v) is 20.0. The van der Waals surface area contributed by atoms with Crippen LogP contribution in [0.4, 0.5) is 0 Å². The van der Waals surface area contributed by atoms with Crippen molar-refractivity contribution in [2.24, 2.45) is 0 Å². The molecule has 0 aliphatic rings. The Bertz CT molecular complexity index is 1430. The molecule has 0 saturated heterocycles. The van der Waals surface area contributed by atoms with Crippen LogP contribution in [0.1, 0.15) is 16.7 Å². The van der Waals surface area contributed by atoms with Gasteiger partial charge in [0.25, 0.3) is 5.91 Å².